The third kappa shape index (κ3) is 2.87. The van der Waals surface area contributed by atoms with Crippen LogP contribution in [0.5, 0.6) is 5.75 Å². The van der Waals surface area contributed by atoms with Crippen LogP contribution < -0.4 is 10.5 Å². The van der Waals surface area contributed by atoms with Crippen molar-refractivity contribution in [3.05, 3.63) is 42.6 Å². The number of pyridine rings is 1. The van der Waals surface area contributed by atoms with Crippen LogP contribution in [0.15, 0.2) is 42.6 Å². The molecule has 0 fully saturated rings. The molecule has 22 heavy (non-hydrogen) atoms. The Hall–Kier alpha value is -2.60. The Morgan fingerprint density at radius 3 is 2.82 bits per heavy atom. The van der Waals surface area contributed by atoms with E-state index in [9.17, 15) is 0 Å². The Morgan fingerprint density at radius 2 is 2.05 bits per heavy atom. The lowest BCUT2D eigenvalue weighted by Crippen LogP contribution is -2.19. The summed E-state index contributed by atoms with van der Waals surface area (Å²) in [6, 6.07) is 11.4. The molecule has 6 nitrogen and oxygen atoms in total. The van der Waals surface area contributed by atoms with Crippen molar-refractivity contribution in [1.29, 1.82) is 0 Å². The van der Waals surface area contributed by atoms with Gasteiger partial charge < -0.3 is 15.4 Å². The Kier molecular flexibility index (Phi) is 3.93. The molecule has 0 saturated heterocycles. The second-order valence-corrected chi connectivity index (χ2v) is 5.37. The lowest BCUT2D eigenvalue weighted by Gasteiger charge is -2.11. The lowest BCUT2D eigenvalue weighted by molar-refractivity contribution is 0.262. The number of nitrogens with zero attached hydrogens (tertiary/aromatic N) is 4. The largest absolute Gasteiger partial charge is 0.488 e. The van der Waals surface area contributed by atoms with Gasteiger partial charge in [0.25, 0.3) is 0 Å². The summed E-state index contributed by atoms with van der Waals surface area (Å²) in [4.78, 5) is 2.07. The molecule has 1 aromatic carbocycles. The first-order valence-corrected chi connectivity index (χ1v) is 7.12. The highest BCUT2D eigenvalue weighted by Crippen LogP contribution is 2.24. The monoisotopic (exact) mass is 297 g/mol. The molecule has 0 aliphatic heterocycles. The SMILES string of the molecule is CN(C)CCOc1cccn2c(-c3cccc(N)c3)nnc12. The van der Waals surface area contributed by atoms with Crippen molar-refractivity contribution in [2.24, 2.45) is 0 Å². The molecule has 0 aliphatic carbocycles. The minimum atomic E-state index is 0.604. The average molecular weight is 297 g/mol. The second kappa shape index (κ2) is 6.03. The van der Waals surface area contributed by atoms with Crippen LogP contribution in [0.4, 0.5) is 5.69 Å². The number of benzene rings is 1. The summed E-state index contributed by atoms with van der Waals surface area (Å²) in [5, 5.41) is 8.53. The first-order valence-electron chi connectivity index (χ1n) is 7.12. The first kappa shape index (κ1) is 14.3. The number of ether oxygens (including phenoxy) is 1. The normalized spacial score (nSPS) is 11.2. The zero-order valence-corrected chi connectivity index (χ0v) is 12.7. The van der Waals surface area contributed by atoms with E-state index in [2.05, 4.69) is 15.1 Å². The molecule has 3 rings (SSSR count). The number of fused-ring (bicyclic) bond motifs is 1. The van der Waals surface area contributed by atoms with Gasteiger partial charge in [0.15, 0.2) is 11.6 Å². The van der Waals surface area contributed by atoms with Crippen LogP contribution in [0.2, 0.25) is 0 Å². The van der Waals surface area contributed by atoms with Crippen molar-refractivity contribution in [2.75, 3.05) is 33.0 Å². The van der Waals surface area contributed by atoms with Gasteiger partial charge in [0.2, 0.25) is 5.65 Å². The number of hydrogen-bond acceptors (Lipinski definition) is 5. The van der Waals surface area contributed by atoms with Crippen LogP contribution in [0.1, 0.15) is 0 Å². The Bertz CT molecular complexity index is 781. The van der Waals surface area contributed by atoms with Gasteiger partial charge in [-0.1, -0.05) is 12.1 Å². The van der Waals surface area contributed by atoms with Gasteiger partial charge in [0, 0.05) is 24.0 Å². The predicted molar refractivity (Wildman–Crippen MR) is 86.9 cm³/mol. The zero-order valence-electron chi connectivity index (χ0n) is 12.7. The molecule has 2 heterocycles. The van der Waals surface area contributed by atoms with E-state index in [1.165, 1.54) is 0 Å². The molecule has 2 aromatic heterocycles. The summed E-state index contributed by atoms with van der Waals surface area (Å²) >= 11 is 0. The number of hydrogen-bond donors (Lipinski definition) is 1. The molecule has 6 heteroatoms. The van der Waals surface area contributed by atoms with Gasteiger partial charge in [-0.05, 0) is 38.4 Å². The quantitative estimate of drug-likeness (QED) is 0.729. The molecule has 0 spiro atoms. The smallest absolute Gasteiger partial charge is 0.203 e. The van der Waals surface area contributed by atoms with Crippen LogP contribution in [0.3, 0.4) is 0 Å². The van der Waals surface area contributed by atoms with Crippen molar-refractivity contribution >= 4 is 11.3 Å². The molecular formula is C16H19N5O. The number of aromatic nitrogens is 3. The van der Waals surface area contributed by atoms with Gasteiger partial charge in [-0.15, -0.1) is 10.2 Å². The van der Waals surface area contributed by atoms with Crippen molar-refractivity contribution in [3.63, 3.8) is 0 Å². The summed E-state index contributed by atoms with van der Waals surface area (Å²) in [6.07, 6.45) is 1.92. The highest BCUT2D eigenvalue weighted by Gasteiger charge is 2.12. The summed E-state index contributed by atoms with van der Waals surface area (Å²) in [7, 11) is 4.03. The molecule has 2 N–H and O–H groups in total. The van der Waals surface area contributed by atoms with E-state index in [0.717, 1.165) is 23.7 Å². The van der Waals surface area contributed by atoms with E-state index in [0.29, 0.717) is 17.9 Å². The molecule has 0 atom stereocenters. The molecule has 0 unspecified atom stereocenters. The number of nitrogens with two attached hydrogens (primary N) is 1. The van der Waals surface area contributed by atoms with E-state index >= 15 is 0 Å². The number of likely N-dealkylation sites (N-methyl/N-ethyl adjacent to an activating group) is 1. The summed E-state index contributed by atoms with van der Waals surface area (Å²) in [5.41, 5.74) is 8.18. The van der Waals surface area contributed by atoms with Gasteiger partial charge in [0.05, 0.1) is 0 Å². The molecular weight excluding hydrogens is 278 g/mol. The summed E-state index contributed by atoms with van der Waals surface area (Å²) in [6.45, 7) is 1.45. The highest BCUT2D eigenvalue weighted by molar-refractivity contribution is 5.66. The van der Waals surface area contributed by atoms with E-state index in [-0.39, 0.29) is 0 Å². The van der Waals surface area contributed by atoms with Crippen LogP contribution in [-0.2, 0) is 0 Å². The number of anilines is 1. The topological polar surface area (TPSA) is 68.7 Å². The fourth-order valence-electron chi connectivity index (χ4n) is 2.22. The molecule has 0 radical (unpaired) electrons. The minimum absolute atomic E-state index is 0.604. The van der Waals surface area contributed by atoms with Gasteiger partial charge in [-0.3, -0.25) is 4.40 Å². The van der Waals surface area contributed by atoms with Crippen molar-refractivity contribution in [1.82, 2.24) is 19.5 Å². The third-order valence-electron chi connectivity index (χ3n) is 3.34. The van der Waals surface area contributed by atoms with Crippen LogP contribution in [0.25, 0.3) is 17.0 Å². The van der Waals surface area contributed by atoms with E-state index in [1.807, 2.05) is 61.1 Å². The number of nitrogen functional groups attached to an aromatic ring is 1. The molecule has 0 aliphatic rings. The Labute approximate surface area is 129 Å². The van der Waals surface area contributed by atoms with Gasteiger partial charge in [-0.2, -0.15) is 0 Å². The van der Waals surface area contributed by atoms with Crippen LogP contribution in [-0.4, -0.2) is 46.7 Å². The molecule has 0 bridgehead atoms. The van der Waals surface area contributed by atoms with E-state index in [4.69, 9.17) is 10.5 Å². The third-order valence-corrected chi connectivity index (χ3v) is 3.34. The molecule has 3 aromatic rings. The van der Waals surface area contributed by atoms with Crippen molar-refractivity contribution < 1.29 is 4.74 Å². The zero-order chi connectivity index (χ0) is 15.5. The predicted octanol–water partition coefficient (Wildman–Crippen LogP) is 1.92. The van der Waals surface area contributed by atoms with Crippen molar-refractivity contribution in [2.45, 2.75) is 0 Å². The average Bonchev–Trinajstić information content (AvgIpc) is 2.92. The minimum Gasteiger partial charge on any atom is -0.488 e. The maximum absolute atomic E-state index is 5.85. The van der Waals surface area contributed by atoms with Gasteiger partial charge in [0.1, 0.15) is 6.61 Å². The van der Waals surface area contributed by atoms with Crippen molar-refractivity contribution in [3.8, 4) is 17.1 Å². The Morgan fingerprint density at radius 1 is 1.18 bits per heavy atom. The fraction of sp³-hybridized carbons (Fsp3) is 0.250. The maximum Gasteiger partial charge on any atom is 0.203 e. The van der Waals surface area contributed by atoms with Crippen LogP contribution >= 0.6 is 0 Å². The maximum atomic E-state index is 5.85. The number of rotatable bonds is 5. The second-order valence-electron chi connectivity index (χ2n) is 5.37. The Balaban J connectivity index is 1.95. The highest BCUT2D eigenvalue weighted by atomic mass is 16.5. The summed E-state index contributed by atoms with van der Waals surface area (Å²) in [5.74, 6) is 1.48. The molecule has 114 valence electrons. The lowest BCUT2D eigenvalue weighted by atomic mass is 10.2. The van der Waals surface area contributed by atoms with E-state index in [1.54, 1.807) is 0 Å². The first-order chi connectivity index (χ1) is 10.6. The molecule has 0 saturated carbocycles. The standard InChI is InChI=1S/C16H19N5O/c1-20(2)9-10-22-14-7-4-8-21-15(18-19-16(14)21)12-5-3-6-13(17)11-12/h3-8,11H,9-10,17H2,1-2H3. The fourth-order valence-corrected chi connectivity index (χ4v) is 2.22. The van der Waals surface area contributed by atoms with Gasteiger partial charge in [-0.25, -0.2) is 0 Å². The molecule has 0 amide bonds. The summed E-state index contributed by atoms with van der Waals surface area (Å²) < 4.78 is 7.73. The van der Waals surface area contributed by atoms with Crippen LogP contribution in [0, 0.1) is 0 Å². The van der Waals surface area contributed by atoms with E-state index < -0.39 is 0 Å². The van der Waals surface area contributed by atoms with Gasteiger partial charge >= 0.3 is 0 Å².